The summed E-state index contributed by atoms with van der Waals surface area (Å²) in [6.45, 7) is 6.37. The molecule has 0 radical (unpaired) electrons. The van der Waals surface area contributed by atoms with Gasteiger partial charge >= 0.3 is 0 Å². The highest BCUT2D eigenvalue weighted by Crippen LogP contribution is 2.25. The number of nitrogens with zero attached hydrogens (tertiary/aromatic N) is 1. The molecular weight excluding hydrogens is 420 g/mol. The van der Waals surface area contributed by atoms with Crippen LogP contribution in [0.1, 0.15) is 30.2 Å². The Balaban J connectivity index is 1.59. The Morgan fingerprint density at radius 1 is 1.04 bits per heavy atom. The molecule has 1 heterocycles. The van der Waals surface area contributed by atoms with Gasteiger partial charge < -0.3 is 19.4 Å². The maximum absolute atomic E-state index is 12.4. The molecule has 0 saturated carbocycles. The van der Waals surface area contributed by atoms with Crippen LogP contribution < -0.4 is 15.0 Å². The van der Waals surface area contributed by atoms with E-state index < -0.39 is 0 Å². The molecule has 0 unspecified atom stereocenters. The average Bonchev–Trinajstić information content (AvgIpc) is 3.19. The van der Waals surface area contributed by atoms with Crippen LogP contribution in [0.2, 0.25) is 0 Å². The third-order valence-corrected chi connectivity index (χ3v) is 5.00. The lowest BCUT2D eigenvalue weighted by atomic mass is 10.2. The number of amides is 1. The summed E-state index contributed by atoms with van der Waals surface area (Å²) in [5.41, 5.74) is 1.86. The topological polar surface area (TPSA) is 54.7 Å². The molecule has 3 aromatic rings. The normalized spacial score (nSPS) is 10.5. The third-order valence-electron chi connectivity index (χ3n) is 4.35. The van der Waals surface area contributed by atoms with Gasteiger partial charge in [0.25, 0.3) is 5.91 Å². The summed E-state index contributed by atoms with van der Waals surface area (Å²) >= 11 is 3.44. The molecule has 1 N–H and O–H groups in total. The maximum atomic E-state index is 12.4. The number of ether oxygens (including phenoxy) is 1. The van der Waals surface area contributed by atoms with E-state index in [4.69, 9.17) is 9.15 Å². The minimum absolute atomic E-state index is 0.245. The lowest BCUT2D eigenvalue weighted by molar-refractivity contribution is 0.0992. The van der Waals surface area contributed by atoms with Crippen molar-refractivity contribution in [3.63, 3.8) is 0 Å². The van der Waals surface area contributed by atoms with Gasteiger partial charge in [-0.3, -0.25) is 4.79 Å². The first-order valence-electron chi connectivity index (χ1n) is 9.23. The highest BCUT2D eigenvalue weighted by molar-refractivity contribution is 9.10. The standard InChI is InChI=1S/C22H23BrN2O3/c1-3-25(4-2)17-11-9-16(10-12-17)24-22(26)21-14-13-18(28-21)15-27-20-8-6-5-7-19(20)23/h5-14H,3-4,15H2,1-2H3,(H,24,26). The number of hydrogen-bond donors (Lipinski definition) is 1. The molecule has 1 amide bonds. The van der Waals surface area contributed by atoms with Crippen LogP contribution in [0.25, 0.3) is 0 Å². The van der Waals surface area contributed by atoms with Crippen LogP contribution in [0.4, 0.5) is 11.4 Å². The summed E-state index contributed by atoms with van der Waals surface area (Å²) in [5.74, 6) is 1.26. The monoisotopic (exact) mass is 442 g/mol. The Morgan fingerprint density at radius 3 is 2.43 bits per heavy atom. The second-order valence-electron chi connectivity index (χ2n) is 6.16. The van der Waals surface area contributed by atoms with E-state index in [0.717, 1.165) is 34.7 Å². The summed E-state index contributed by atoms with van der Waals surface area (Å²) in [4.78, 5) is 14.7. The van der Waals surface area contributed by atoms with E-state index in [1.54, 1.807) is 12.1 Å². The van der Waals surface area contributed by atoms with Crippen LogP contribution in [0.15, 0.2) is 69.6 Å². The smallest absolute Gasteiger partial charge is 0.291 e. The van der Waals surface area contributed by atoms with Crippen molar-refractivity contribution in [2.24, 2.45) is 0 Å². The van der Waals surface area contributed by atoms with Gasteiger partial charge in [-0.15, -0.1) is 0 Å². The maximum Gasteiger partial charge on any atom is 0.291 e. The molecule has 0 atom stereocenters. The second kappa shape index (κ2) is 9.46. The van der Waals surface area contributed by atoms with Crippen molar-refractivity contribution < 1.29 is 13.9 Å². The fourth-order valence-corrected chi connectivity index (χ4v) is 3.22. The summed E-state index contributed by atoms with van der Waals surface area (Å²) < 4.78 is 12.2. The van der Waals surface area contributed by atoms with Gasteiger partial charge in [0.1, 0.15) is 18.1 Å². The summed E-state index contributed by atoms with van der Waals surface area (Å²) in [7, 11) is 0. The number of rotatable bonds is 8. The van der Waals surface area contributed by atoms with Gasteiger partial charge in [0.15, 0.2) is 5.76 Å². The second-order valence-corrected chi connectivity index (χ2v) is 7.01. The van der Waals surface area contributed by atoms with Gasteiger partial charge in [-0.1, -0.05) is 12.1 Å². The number of furan rings is 1. The molecule has 6 heteroatoms. The van der Waals surface area contributed by atoms with E-state index in [-0.39, 0.29) is 18.3 Å². The van der Waals surface area contributed by atoms with E-state index in [2.05, 4.69) is 40.0 Å². The first kappa shape index (κ1) is 20.0. The minimum Gasteiger partial charge on any atom is -0.484 e. The first-order valence-corrected chi connectivity index (χ1v) is 10.0. The van der Waals surface area contributed by atoms with Crippen molar-refractivity contribution in [3.8, 4) is 5.75 Å². The molecule has 3 rings (SSSR count). The van der Waals surface area contributed by atoms with E-state index in [1.165, 1.54) is 0 Å². The van der Waals surface area contributed by atoms with Gasteiger partial charge in [0.2, 0.25) is 0 Å². The molecule has 0 aliphatic rings. The predicted octanol–water partition coefficient (Wildman–Crippen LogP) is 5.72. The third kappa shape index (κ3) is 4.95. The quantitative estimate of drug-likeness (QED) is 0.484. The summed E-state index contributed by atoms with van der Waals surface area (Å²) in [6.07, 6.45) is 0. The average molecular weight is 443 g/mol. The molecule has 1 aromatic heterocycles. The fourth-order valence-electron chi connectivity index (χ4n) is 2.83. The Bertz CT molecular complexity index is 918. The highest BCUT2D eigenvalue weighted by atomic mass is 79.9. The SMILES string of the molecule is CCN(CC)c1ccc(NC(=O)c2ccc(COc3ccccc3Br)o2)cc1. The Hall–Kier alpha value is -2.73. The van der Waals surface area contributed by atoms with Gasteiger partial charge in [0.05, 0.1) is 4.47 Å². The molecule has 28 heavy (non-hydrogen) atoms. The van der Waals surface area contributed by atoms with Crippen molar-refractivity contribution in [2.75, 3.05) is 23.3 Å². The zero-order chi connectivity index (χ0) is 19.9. The van der Waals surface area contributed by atoms with Gasteiger partial charge in [-0.2, -0.15) is 0 Å². The molecule has 5 nitrogen and oxygen atoms in total. The van der Waals surface area contributed by atoms with E-state index in [9.17, 15) is 4.79 Å². The van der Waals surface area contributed by atoms with Crippen LogP contribution in [0.5, 0.6) is 5.75 Å². The largest absolute Gasteiger partial charge is 0.484 e. The number of nitrogens with one attached hydrogen (secondary N) is 1. The Kier molecular flexibility index (Phi) is 6.76. The van der Waals surface area contributed by atoms with Crippen LogP contribution >= 0.6 is 15.9 Å². The Labute approximate surface area is 173 Å². The Morgan fingerprint density at radius 2 is 1.75 bits per heavy atom. The van der Waals surface area contributed by atoms with Gasteiger partial charge in [-0.25, -0.2) is 0 Å². The number of carbonyl (C=O) groups is 1. The summed E-state index contributed by atoms with van der Waals surface area (Å²) in [6, 6.07) is 18.8. The molecule has 0 spiro atoms. The molecule has 0 aliphatic carbocycles. The van der Waals surface area contributed by atoms with Crippen LogP contribution in [0, 0.1) is 0 Å². The predicted molar refractivity (Wildman–Crippen MR) is 115 cm³/mol. The number of carbonyl (C=O) groups excluding carboxylic acids is 1. The summed E-state index contributed by atoms with van der Waals surface area (Å²) in [5, 5.41) is 2.86. The van der Waals surface area contributed by atoms with Gasteiger partial charge in [-0.05, 0) is 78.3 Å². The highest BCUT2D eigenvalue weighted by Gasteiger charge is 2.13. The van der Waals surface area contributed by atoms with E-state index in [1.807, 2.05) is 48.5 Å². The molecule has 0 fully saturated rings. The van der Waals surface area contributed by atoms with Crippen molar-refractivity contribution in [2.45, 2.75) is 20.5 Å². The van der Waals surface area contributed by atoms with Crippen molar-refractivity contribution in [1.82, 2.24) is 0 Å². The van der Waals surface area contributed by atoms with E-state index in [0.29, 0.717) is 5.76 Å². The number of hydrogen-bond acceptors (Lipinski definition) is 4. The van der Waals surface area contributed by atoms with Gasteiger partial charge in [0, 0.05) is 24.5 Å². The number of halogens is 1. The van der Waals surface area contributed by atoms with Crippen molar-refractivity contribution in [1.29, 1.82) is 0 Å². The molecular formula is C22H23BrN2O3. The number of anilines is 2. The first-order chi connectivity index (χ1) is 13.6. The molecule has 0 bridgehead atoms. The van der Waals surface area contributed by atoms with Crippen LogP contribution in [-0.2, 0) is 6.61 Å². The molecule has 0 saturated heterocycles. The van der Waals surface area contributed by atoms with Crippen molar-refractivity contribution >= 4 is 33.2 Å². The fraction of sp³-hybridized carbons (Fsp3) is 0.227. The lowest BCUT2D eigenvalue weighted by Gasteiger charge is -2.21. The zero-order valence-corrected chi connectivity index (χ0v) is 17.5. The lowest BCUT2D eigenvalue weighted by Crippen LogP contribution is -2.21. The van der Waals surface area contributed by atoms with E-state index >= 15 is 0 Å². The molecule has 2 aromatic carbocycles. The number of para-hydroxylation sites is 1. The zero-order valence-electron chi connectivity index (χ0n) is 15.9. The van der Waals surface area contributed by atoms with Crippen molar-refractivity contribution in [3.05, 3.63) is 76.7 Å². The minimum atomic E-state index is -0.289. The number of benzene rings is 2. The molecule has 0 aliphatic heterocycles. The van der Waals surface area contributed by atoms with Crippen LogP contribution in [0.3, 0.4) is 0 Å². The van der Waals surface area contributed by atoms with Crippen LogP contribution in [-0.4, -0.2) is 19.0 Å². The molecule has 146 valence electrons.